The standard InChI is InChI=1S/C11H24N4/c1-9(2)7-10-8-13-11(12)15(10)6-5-14(3)4/h9-10H,5-8H2,1-4H3,(H2,12,13). The fraction of sp³-hybridized carbons (Fsp3) is 0.909. The van der Waals surface area contributed by atoms with Crippen LogP contribution in [0.2, 0.25) is 0 Å². The molecule has 88 valence electrons. The van der Waals surface area contributed by atoms with E-state index in [1.165, 1.54) is 6.42 Å². The molecule has 1 rings (SSSR count). The minimum absolute atomic E-state index is 0.518. The van der Waals surface area contributed by atoms with Crippen LogP contribution < -0.4 is 5.73 Å². The van der Waals surface area contributed by atoms with E-state index in [1.54, 1.807) is 0 Å². The Kier molecular flexibility index (Phi) is 4.39. The van der Waals surface area contributed by atoms with E-state index in [2.05, 4.69) is 42.7 Å². The third-order valence-electron chi connectivity index (χ3n) is 2.73. The summed E-state index contributed by atoms with van der Waals surface area (Å²) in [6.07, 6.45) is 1.18. The lowest BCUT2D eigenvalue weighted by Gasteiger charge is -2.28. The third kappa shape index (κ3) is 3.70. The molecule has 0 radical (unpaired) electrons. The van der Waals surface area contributed by atoms with Crippen LogP contribution in [0.15, 0.2) is 4.99 Å². The first-order chi connectivity index (χ1) is 7.00. The number of aliphatic imine (C=N–C) groups is 1. The van der Waals surface area contributed by atoms with Gasteiger partial charge in [0.05, 0.1) is 12.6 Å². The molecular formula is C11H24N4. The van der Waals surface area contributed by atoms with Gasteiger partial charge in [0.1, 0.15) is 0 Å². The SMILES string of the molecule is CC(C)CC1CN=C(N)N1CCN(C)C. The van der Waals surface area contributed by atoms with Crippen LogP contribution in [0.3, 0.4) is 0 Å². The van der Waals surface area contributed by atoms with Gasteiger partial charge in [-0.25, -0.2) is 0 Å². The lowest BCUT2D eigenvalue weighted by molar-refractivity contribution is 0.264. The molecule has 15 heavy (non-hydrogen) atoms. The molecule has 0 amide bonds. The zero-order chi connectivity index (χ0) is 11.4. The van der Waals surface area contributed by atoms with Gasteiger partial charge in [-0.05, 0) is 26.4 Å². The second kappa shape index (κ2) is 5.35. The summed E-state index contributed by atoms with van der Waals surface area (Å²) in [5, 5.41) is 0. The Morgan fingerprint density at radius 1 is 1.53 bits per heavy atom. The summed E-state index contributed by atoms with van der Waals surface area (Å²) >= 11 is 0. The maximum absolute atomic E-state index is 5.89. The van der Waals surface area contributed by atoms with E-state index in [0.717, 1.165) is 25.6 Å². The zero-order valence-corrected chi connectivity index (χ0v) is 10.4. The number of nitrogens with zero attached hydrogens (tertiary/aromatic N) is 3. The minimum atomic E-state index is 0.518. The number of likely N-dealkylation sites (N-methyl/N-ethyl adjacent to an activating group) is 1. The van der Waals surface area contributed by atoms with E-state index >= 15 is 0 Å². The molecule has 0 aromatic heterocycles. The monoisotopic (exact) mass is 212 g/mol. The van der Waals surface area contributed by atoms with E-state index in [4.69, 9.17) is 5.73 Å². The van der Waals surface area contributed by atoms with Crippen LogP contribution in [0.25, 0.3) is 0 Å². The van der Waals surface area contributed by atoms with Crippen LogP contribution >= 0.6 is 0 Å². The van der Waals surface area contributed by atoms with Crippen LogP contribution in [-0.4, -0.2) is 55.5 Å². The summed E-state index contributed by atoms with van der Waals surface area (Å²) in [7, 11) is 4.17. The molecule has 4 nitrogen and oxygen atoms in total. The molecule has 0 aromatic rings. The first-order valence-corrected chi connectivity index (χ1v) is 5.72. The molecule has 0 aromatic carbocycles. The first-order valence-electron chi connectivity index (χ1n) is 5.72. The number of nitrogens with two attached hydrogens (primary N) is 1. The largest absolute Gasteiger partial charge is 0.370 e. The zero-order valence-electron chi connectivity index (χ0n) is 10.4. The predicted octanol–water partition coefficient (Wildman–Crippen LogP) is 0.593. The number of rotatable bonds is 5. The number of hydrogen-bond donors (Lipinski definition) is 1. The molecule has 0 saturated carbocycles. The number of hydrogen-bond acceptors (Lipinski definition) is 4. The Labute approximate surface area is 93.1 Å². The second-order valence-electron chi connectivity index (χ2n) is 4.98. The Hall–Kier alpha value is -0.770. The number of guanidine groups is 1. The Morgan fingerprint density at radius 2 is 2.20 bits per heavy atom. The fourth-order valence-corrected chi connectivity index (χ4v) is 1.93. The van der Waals surface area contributed by atoms with Gasteiger partial charge in [-0.3, -0.25) is 4.99 Å². The van der Waals surface area contributed by atoms with E-state index in [9.17, 15) is 0 Å². The molecule has 1 atom stereocenters. The van der Waals surface area contributed by atoms with Crippen molar-refractivity contribution in [3.63, 3.8) is 0 Å². The second-order valence-corrected chi connectivity index (χ2v) is 4.98. The molecule has 1 unspecified atom stereocenters. The molecule has 0 bridgehead atoms. The minimum Gasteiger partial charge on any atom is -0.370 e. The van der Waals surface area contributed by atoms with Gasteiger partial charge in [0.2, 0.25) is 0 Å². The van der Waals surface area contributed by atoms with E-state index < -0.39 is 0 Å². The Bertz CT molecular complexity index is 223. The molecule has 1 heterocycles. The summed E-state index contributed by atoms with van der Waals surface area (Å²) in [4.78, 5) is 8.76. The first kappa shape index (κ1) is 12.3. The highest BCUT2D eigenvalue weighted by atomic mass is 15.3. The van der Waals surface area contributed by atoms with Crippen LogP contribution in [0.5, 0.6) is 0 Å². The average Bonchev–Trinajstić information content (AvgIpc) is 2.43. The summed E-state index contributed by atoms with van der Waals surface area (Å²) in [5.74, 6) is 1.43. The van der Waals surface area contributed by atoms with Crippen molar-refractivity contribution in [3.05, 3.63) is 0 Å². The molecular weight excluding hydrogens is 188 g/mol. The highest BCUT2D eigenvalue weighted by Crippen LogP contribution is 2.16. The summed E-state index contributed by atoms with van der Waals surface area (Å²) in [6, 6.07) is 0.518. The van der Waals surface area contributed by atoms with Crippen molar-refractivity contribution in [2.45, 2.75) is 26.3 Å². The maximum Gasteiger partial charge on any atom is 0.191 e. The molecule has 1 aliphatic heterocycles. The van der Waals surface area contributed by atoms with Crippen LogP contribution in [0.4, 0.5) is 0 Å². The molecule has 0 spiro atoms. The van der Waals surface area contributed by atoms with Gasteiger partial charge in [0.15, 0.2) is 5.96 Å². The third-order valence-corrected chi connectivity index (χ3v) is 2.73. The van der Waals surface area contributed by atoms with E-state index in [1.807, 2.05) is 0 Å². The van der Waals surface area contributed by atoms with Gasteiger partial charge < -0.3 is 15.5 Å². The van der Waals surface area contributed by atoms with Gasteiger partial charge in [-0.1, -0.05) is 13.8 Å². The topological polar surface area (TPSA) is 44.9 Å². The molecule has 0 saturated heterocycles. The highest BCUT2D eigenvalue weighted by molar-refractivity contribution is 5.80. The fourth-order valence-electron chi connectivity index (χ4n) is 1.93. The molecule has 0 fully saturated rings. The molecule has 1 aliphatic rings. The smallest absolute Gasteiger partial charge is 0.191 e. The van der Waals surface area contributed by atoms with E-state index in [-0.39, 0.29) is 0 Å². The summed E-state index contributed by atoms with van der Waals surface area (Å²) < 4.78 is 0. The molecule has 4 heteroatoms. The summed E-state index contributed by atoms with van der Waals surface area (Å²) in [6.45, 7) is 7.39. The Morgan fingerprint density at radius 3 is 2.73 bits per heavy atom. The maximum atomic E-state index is 5.89. The van der Waals surface area contributed by atoms with Crippen LogP contribution in [0.1, 0.15) is 20.3 Å². The molecule has 2 N–H and O–H groups in total. The Balaban J connectivity index is 2.45. The van der Waals surface area contributed by atoms with Crippen molar-refractivity contribution >= 4 is 5.96 Å². The van der Waals surface area contributed by atoms with Gasteiger partial charge in [0, 0.05) is 13.1 Å². The van der Waals surface area contributed by atoms with E-state index in [0.29, 0.717) is 12.0 Å². The van der Waals surface area contributed by atoms with Crippen LogP contribution in [0, 0.1) is 5.92 Å². The van der Waals surface area contributed by atoms with Crippen molar-refractivity contribution in [3.8, 4) is 0 Å². The van der Waals surface area contributed by atoms with Gasteiger partial charge >= 0.3 is 0 Å². The van der Waals surface area contributed by atoms with Gasteiger partial charge in [0.25, 0.3) is 0 Å². The van der Waals surface area contributed by atoms with Crippen molar-refractivity contribution < 1.29 is 0 Å². The quantitative estimate of drug-likeness (QED) is 0.725. The van der Waals surface area contributed by atoms with Crippen LogP contribution in [-0.2, 0) is 0 Å². The molecule has 0 aliphatic carbocycles. The summed E-state index contributed by atoms with van der Waals surface area (Å²) in [5.41, 5.74) is 5.89. The van der Waals surface area contributed by atoms with Crippen molar-refractivity contribution in [2.24, 2.45) is 16.6 Å². The normalized spacial score (nSPS) is 21.6. The van der Waals surface area contributed by atoms with Crippen molar-refractivity contribution in [1.82, 2.24) is 9.80 Å². The predicted molar refractivity (Wildman–Crippen MR) is 65.0 cm³/mol. The highest BCUT2D eigenvalue weighted by Gasteiger charge is 2.25. The average molecular weight is 212 g/mol. The lowest BCUT2D eigenvalue weighted by atomic mass is 10.0. The van der Waals surface area contributed by atoms with Gasteiger partial charge in [-0.15, -0.1) is 0 Å². The van der Waals surface area contributed by atoms with Crippen molar-refractivity contribution in [2.75, 3.05) is 33.7 Å². The lowest BCUT2D eigenvalue weighted by Crippen LogP contribution is -2.44. The van der Waals surface area contributed by atoms with Crippen molar-refractivity contribution in [1.29, 1.82) is 0 Å². The van der Waals surface area contributed by atoms with Gasteiger partial charge in [-0.2, -0.15) is 0 Å².